The van der Waals surface area contributed by atoms with Crippen LogP contribution in [0.3, 0.4) is 0 Å². The summed E-state index contributed by atoms with van der Waals surface area (Å²) >= 11 is 0. The summed E-state index contributed by atoms with van der Waals surface area (Å²) in [5.41, 5.74) is 0. The zero-order valence-corrected chi connectivity index (χ0v) is 9.41. The van der Waals surface area contributed by atoms with E-state index < -0.39 is 24.3 Å². The van der Waals surface area contributed by atoms with Gasteiger partial charge in [0.2, 0.25) is 17.7 Å². The van der Waals surface area contributed by atoms with Crippen LogP contribution in [0.15, 0.2) is 0 Å². The second-order valence-electron chi connectivity index (χ2n) is 3.18. The summed E-state index contributed by atoms with van der Waals surface area (Å²) in [7, 11) is 0. The number of carboxylic acids is 1. The predicted octanol–water partition coefficient (Wildman–Crippen LogP) is -2.17. The highest BCUT2D eigenvalue weighted by molar-refractivity contribution is 5.86. The fourth-order valence-electron chi connectivity index (χ4n) is 0.856. The number of nitrogens with one attached hydrogen (secondary N) is 3. The lowest BCUT2D eigenvalue weighted by molar-refractivity contribution is -0.137. The minimum atomic E-state index is -1.16. The molecule has 0 bridgehead atoms. The number of amides is 3. The van der Waals surface area contributed by atoms with Gasteiger partial charge in [0.1, 0.15) is 6.54 Å². The molecule has 0 unspecified atom stereocenters. The molecule has 0 spiro atoms. The molecule has 8 heteroatoms. The minimum Gasteiger partial charge on any atom is -0.480 e. The predicted molar refractivity (Wildman–Crippen MR) is 57.0 cm³/mol. The summed E-state index contributed by atoms with van der Waals surface area (Å²) in [5.74, 6) is -2.38. The van der Waals surface area contributed by atoms with Crippen LogP contribution >= 0.6 is 0 Å². The zero-order valence-electron chi connectivity index (χ0n) is 9.41. The van der Waals surface area contributed by atoms with Crippen molar-refractivity contribution in [3.63, 3.8) is 0 Å². The van der Waals surface area contributed by atoms with Crippen molar-refractivity contribution in [2.24, 2.45) is 0 Å². The highest BCUT2D eigenvalue weighted by Crippen LogP contribution is 1.77. The summed E-state index contributed by atoms with van der Waals surface area (Å²) in [5, 5.41) is 15.1. The van der Waals surface area contributed by atoms with E-state index in [1.165, 1.54) is 6.92 Å². The maximum absolute atomic E-state index is 11.1. The monoisotopic (exact) mass is 245 g/mol. The third-order valence-electron chi connectivity index (χ3n) is 1.61. The van der Waals surface area contributed by atoms with E-state index in [-0.39, 0.29) is 25.4 Å². The molecule has 0 heterocycles. The number of hydrogen-bond acceptors (Lipinski definition) is 4. The van der Waals surface area contributed by atoms with Crippen molar-refractivity contribution in [1.82, 2.24) is 16.0 Å². The number of carbonyl (C=O) groups excluding carboxylic acids is 3. The lowest BCUT2D eigenvalue weighted by Gasteiger charge is -2.05. The first-order chi connectivity index (χ1) is 7.91. The Hall–Kier alpha value is -2.12. The Labute approximate surface area is 97.7 Å². The van der Waals surface area contributed by atoms with Gasteiger partial charge in [0, 0.05) is 19.9 Å². The first kappa shape index (κ1) is 14.9. The second-order valence-corrected chi connectivity index (χ2v) is 3.18. The highest BCUT2D eigenvalue weighted by Gasteiger charge is 2.06. The molecule has 3 amide bonds. The van der Waals surface area contributed by atoms with Crippen molar-refractivity contribution >= 4 is 23.7 Å². The zero-order chi connectivity index (χ0) is 13.3. The quantitative estimate of drug-likeness (QED) is 0.406. The Morgan fingerprint density at radius 2 is 1.53 bits per heavy atom. The Bertz CT molecular complexity index is 316. The average molecular weight is 245 g/mol. The molecule has 0 radical (unpaired) electrons. The summed E-state index contributed by atoms with van der Waals surface area (Å²) < 4.78 is 0. The Balaban J connectivity index is 3.59. The van der Waals surface area contributed by atoms with Gasteiger partial charge in [-0.1, -0.05) is 0 Å². The molecule has 17 heavy (non-hydrogen) atoms. The van der Waals surface area contributed by atoms with E-state index in [9.17, 15) is 19.2 Å². The molecule has 0 aliphatic rings. The Morgan fingerprint density at radius 3 is 2.06 bits per heavy atom. The Morgan fingerprint density at radius 1 is 0.941 bits per heavy atom. The molecule has 0 aliphatic heterocycles. The normalized spacial score (nSPS) is 9.24. The SMILES string of the molecule is CC(=O)NCCC(=O)NCC(=O)NCC(=O)O. The van der Waals surface area contributed by atoms with Crippen molar-refractivity contribution in [3.05, 3.63) is 0 Å². The van der Waals surface area contributed by atoms with Crippen LogP contribution in [0.1, 0.15) is 13.3 Å². The van der Waals surface area contributed by atoms with Gasteiger partial charge >= 0.3 is 5.97 Å². The van der Waals surface area contributed by atoms with Crippen molar-refractivity contribution in [1.29, 1.82) is 0 Å². The first-order valence-electron chi connectivity index (χ1n) is 4.91. The van der Waals surface area contributed by atoms with Gasteiger partial charge in [0.05, 0.1) is 6.54 Å². The molecule has 0 rings (SSSR count). The van der Waals surface area contributed by atoms with Crippen LogP contribution in [-0.2, 0) is 19.2 Å². The molecule has 0 saturated carbocycles. The summed E-state index contributed by atoms with van der Waals surface area (Å²) in [6, 6.07) is 0. The molecule has 0 fully saturated rings. The summed E-state index contributed by atoms with van der Waals surface area (Å²) in [6.07, 6.45) is 0.0613. The molecule has 4 N–H and O–H groups in total. The van der Waals surface area contributed by atoms with Crippen LogP contribution < -0.4 is 16.0 Å². The van der Waals surface area contributed by atoms with Crippen molar-refractivity contribution in [2.45, 2.75) is 13.3 Å². The van der Waals surface area contributed by atoms with Gasteiger partial charge in [-0.05, 0) is 0 Å². The maximum Gasteiger partial charge on any atom is 0.322 e. The third kappa shape index (κ3) is 10.2. The first-order valence-corrected chi connectivity index (χ1v) is 4.91. The van der Waals surface area contributed by atoms with E-state index >= 15 is 0 Å². The van der Waals surface area contributed by atoms with Gasteiger partial charge in [-0.15, -0.1) is 0 Å². The molecular formula is C9H15N3O5. The number of rotatable bonds is 7. The van der Waals surface area contributed by atoms with E-state index in [0.29, 0.717) is 0 Å². The van der Waals surface area contributed by atoms with Crippen LogP contribution in [0, 0.1) is 0 Å². The lowest BCUT2D eigenvalue weighted by atomic mass is 10.4. The molecule has 0 saturated heterocycles. The number of hydrogen-bond donors (Lipinski definition) is 4. The van der Waals surface area contributed by atoms with E-state index in [4.69, 9.17) is 5.11 Å². The molecule has 96 valence electrons. The number of carbonyl (C=O) groups is 4. The van der Waals surface area contributed by atoms with Crippen LogP contribution in [-0.4, -0.2) is 48.4 Å². The highest BCUT2D eigenvalue weighted by atomic mass is 16.4. The van der Waals surface area contributed by atoms with Gasteiger partial charge in [-0.3, -0.25) is 19.2 Å². The van der Waals surface area contributed by atoms with Crippen LogP contribution in [0.4, 0.5) is 0 Å². The molecule has 0 aliphatic carbocycles. The van der Waals surface area contributed by atoms with Crippen LogP contribution in [0.5, 0.6) is 0 Å². The molecule has 0 aromatic heterocycles. The molecule has 0 aromatic carbocycles. The van der Waals surface area contributed by atoms with Gasteiger partial charge in [0.15, 0.2) is 0 Å². The molecule has 8 nitrogen and oxygen atoms in total. The number of carboxylic acid groups (broad SMARTS) is 1. The van der Waals surface area contributed by atoms with Crippen molar-refractivity contribution in [2.75, 3.05) is 19.6 Å². The molecule has 0 atom stereocenters. The lowest BCUT2D eigenvalue weighted by Crippen LogP contribution is -2.39. The maximum atomic E-state index is 11.1. The van der Waals surface area contributed by atoms with Gasteiger partial charge in [-0.2, -0.15) is 0 Å². The smallest absolute Gasteiger partial charge is 0.322 e. The topological polar surface area (TPSA) is 125 Å². The van der Waals surface area contributed by atoms with E-state index in [1.54, 1.807) is 0 Å². The van der Waals surface area contributed by atoms with Crippen molar-refractivity contribution < 1.29 is 24.3 Å². The standard InChI is InChI=1S/C9H15N3O5/c1-6(13)10-3-2-7(14)11-4-8(15)12-5-9(16)17/h2-5H2,1H3,(H,10,13)(H,11,14)(H,12,15)(H,16,17). The fraction of sp³-hybridized carbons (Fsp3) is 0.556. The average Bonchev–Trinajstić information content (AvgIpc) is 2.23. The largest absolute Gasteiger partial charge is 0.480 e. The Kier molecular flexibility index (Phi) is 7.07. The van der Waals surface area contributed by atoms with Gasteiger partial charge < -0.3 is 21.1 Å². The minimum absolute atomic E-state index is 0.0613. The van der Waals surface area contributed by atoms with Gasteiger partial charge in [0.25, 0.3) is 0 Å². The summed E-state index contributed by atoms with van der Waals surface area (Å²) in [6.45, 7) is 0.752. The second kappa shape index (κ2) is 8.08. The number of aliphatic carboxylic acids is 1. The van der Waals surface area contributed by atoms with Crippen LogP contribution in [0.25, 0.3) is 0 Å². The fourth-order valence-corrected chi connectivity index (χ4v) is 0.856. The molecule has 0 aromatic rings. The molecular weight excluding hydrogens is 230 g/mol. The van der Waals surface area contributed by atoms with E-state index in [2.05, 4.69) is 16.0 Å². The van der Waals surface area contributed by atoms with E-state index in [1.807, 2.05) is 0 Å². The van der Waals surface area contributed by atoms with Crippen molar-refractivity contribution in [3.8, 4) is 0 Å². The van der Waals surface area contributed by atoms with Crippen LogP contribution in [0.2, 0.25) is 0 Å². The third-order valence-corrected chi connectivity index (χ3v) is 1.61. The summed E-state index contributed by atoms with van der Waals surface area (Å²) in [4.78, 5) is 42.7. The van der Waals surface area contributed by atoms with E-state index in [0.717, 1.165) is 0 Å². The van der Waals surface area contributed by atoms with Gasteiger partial charge in [-0.25, -0.2) is 0 Å².